The summed E-state index contributed by atoms with van der Waals surface area (Å²) in [6.07, 6.45) is 1.69. The van der Waals surface area contributed by atoms with Crippen LogP contribution in [0.2, 0.25) is 0 Å². The van der Waals surface area contributed by atoms with E-state index in [9.17, 15) is 18.0 Å². The maximum atomic E-state index is 12.0. The molecule has 2 amide bonds. The van der Waals surface area contributed by atoms with Crippen LogP contribution in [-0.2, 0) is 19.4 Å². The zero-order chi connectivity index (χ0) is 18.1. The minimum Gasteiger partial charge on any atom is -0.444 e. The molecule has 2 atom stereocenters. The van der Waals surface area contributed by atoms with Crippen LogP contribution >= 0.6 is 0 Å². The fraction of sp³-hybridized carbons (Fsp3) is 0.750. The van der Waals surface area contributed by atoms with Crippen molar-refractivity contribution in [2.75, 3.05) is 11.5 Å². The van der Waals surface area contributed by atoms with Gasteiger partial charge >= 0.3 is 6.09 Å². The van der Waals surface area contributed by atoms with Gasteiger partial charge in [0.15, 0.2) is 9.84 Å². The molecule has 136 valence electrons. The van der Waals surface area contributed by atoms with E-state index >= 15 is 0 Å². The number of hydrogen-bond donors (Lipinski definition) is 2. The summed E-state index contributed by atoms with van der Waals surface area (Å²) in [7, 11) is -3.12. The molecule has 1 aliphatic carbocycles. The Morgan fingerprint density at radius 1 is 1.12 bits per heavy atom. The smallest absolute Gasteiger partial charge is 0.407 e. The molecule has 0 radical (unpaired) electrons. The molecule has 24 heavy (non-hydrogen) atoms. The first-order valence-corrected chi connectivity index (χ1v) is 9.94. The molecule has 2 rings (SSSR count). The average Bonchev–Trinajstić information content (AvgIpc) is 2.37. The normalized spacial score (nSPS) is 31.6. The van der Waals surface area contributed by atoms with Crippen LogP contribution in [0.25, 0.3) is 0 Å². The number of carbonyl (C=O) groups excluding carboxylic acids is 2. The third-order valence-corrected chi connectivity index (χ3v) is 6.21. The van der Waals surface area contributed by atoms with Gasteiger partial charge in [-0.15, -0.1) is 0 Å². The molecule has 2 aliphatic rings. The van der Waals surface area contributed by atoms with Gasteiger partial charge in [0.05, 0.1) is 11.5 Å². The van der Waals surface area contributed by atoms with Crippen molar-refractivity contribution >= 4 is 21.8 Å². The number of amides is 2. The lowest BCUT2D eigenvalue weighted by Crippen LogP contribution is -2.59. The third kappa shape index (κ3) is 4.96. The van der Waals surface area contributed by atoms with Crippen LogP contribution in [0.5, 0.6) is 0 Å². The summed E-state index contributed by atoms with van der Waals surface area (Å²) in [5.41, 5.74) is -0.585. The molecular formula is C16H26N2O5S. The van der Waals surface area contributed by atoms with Gasteiger partial charge in [0.25, 0.3) is 0 Å². The Balaban J connectivity index is 2.06. The maximum Gasteiger partial charge on any atom is 0.407 e. The largest absolute Gasteiger partial charge is 0.444 e. The Bertz CT molecular complexity index is 601. The first-order chi connectivity index (χ1) is 11.0. The van der Waals surface area contributed by atoms with Crippen molar-refractivity contribution in [1.29, 1.82) is 0 Å². The fourth-order valence-corrected chi connectivity index (χ4v) is 5.75. The quantitative estimate of drug-likeness (QED) is 0.733. The van der Waals surface area contributed by atoms with Crippen LogP contribution in [0, 0.1) is 11.8 Å². The second-order valence-corrected chi connectivity index (χ2v) is 9.80. The van der Waals surface area contributed by atoms with Gasteiger partial charge in [0.1, 0.15) is 5.60 Å². The van der Waals surface area contributed by atoms with Gasteiger partial charge in [-0.1, -0.05) is 6.58 Å². The Labute approximate surface area is 143 Å². The first kappa shape index (κ1) is 18.8. The van der Waals surface area contributed by atoms with E-state index in [1.54, 1.807) is 20.8 Å². The molecule has 1 aliphatic heterocycles. The number of carbonyl (C=O) groups is 2. The summed E-state index contributed by atoms with van der Waals surface area (Å²) in [5, 5.41) is 5.69. The third-order valence-electron chi connectivity index (χ3n) is 4.34. The van der Waals surface area contributed by atoms with Gasteiger partial charge in [-0.25, -0.2) is 13.2 Å². The fourth-order valence-electron chi connectivity index (χ4n) is 3.62. The highest BCUT2D eigenvalue weighted by Crippen LogP contribution is 2.36. The van der Waals surface area contributed by atoms with E-state index in [4.69, 9.17) is 4.74 Å². The summed E-state index contributed by atoms with van der Waals surface area (Å²) in [6.45, 7) is 8.80. The van der Waals surface area contributed by atoms with E-state index < -0.39 is 21.5 Å². The predicted molar refractivity (Wildman–Crippen MR) is 90.2 cm³/mol. The van der Waals surface area contributed by atoms with E-state index in [2.05, 4.69) is 17.2 Å². The van der Waals surface area contributed by atoms with E-state index in [0.717, 1.165) is 0 Å². The van der Waals surface area contributed by atoms with E-state index in [0.29, 0.717) is 12.8 Å². The Kier molecular flexibility index (Phi) is 5.27. The zero-order valence-corrected chi connectivity index (χ0v) is 15.2. The summed E-state index contributed by atoms with van der Waals surface area (Å²) in [4.78, 5) is 23.6. The van der Waals surface area contributed by atoms with Crippen molar-refractivity contribution in [3.8, 4) is 0 Å². The monoisotopic (exact) mass is 358 g/mol. The molecule has 0 spiro atoms. The van der Waals surface area contributed by atoms with Crippen LogP contribution in [0.3, 0.4) is 0 Å². The highest BCUT2D eigenvalue weighted by Gasteiger charge is 2.46. The van der Waals surface area contributed by atoms with Crippen molar-refractivity contribution in [2.45, 2.75) is 51.3 Å². The van der Waals surface area contributed by atoms with Crippen LogP contribution in [0.1, 0.15) is 33.6 Å². The van der Waals surface area contributed by atoms with Gasteiger partial charge in [-0.05, 0) is 51.5 Å². The number of alkyl carbamates (subject to hydrolysis) is 1. The molecular weight excluding hydrogens is 332 g/mol. The molecule has 2 bridgehead atoms. The summed E-state index contributed by atoms with van der Waals surface area (Å²) >= 11 is 0. The Hall–Kier alpha value is -1.57. The van der Waals surface area contributed by atoms with Gasteiger partial charge in [0.2, 0.25) is 5.91 Å². The molecule has 7 nitrogen and oxygen atoms in total. The van der Waals surface area contributed by atoms with E-state index in [-0.39, 0.29) is 41.3 Å². The number of nitrogens with one attached hydrogen (secondary N) is 2. The van der Waals surface area contributed by atoms with Crippen LogP contribution in [-0.4, -0.2) is 49.6 Å². The molecule has 0 aromatic heterocycles. The molecule has 1 saturated carbocycles. The molecule has 2 fully saturated rings. The van der Waals surface area contributed by atoms with Crippen LogP contribution in [0.4, 0.5) is 4.79 Å². The topological polar surface area (TPSA) is 102 Å². The molecule has 2 N–H and O–H groups in total. The van der Waals surface area contributed by atoms with Gasteiger partial charge in [-0.2, -0.15) is 0 Å². The SMILES string of the molecule is C=CC(=O)NC1C2CC(NC(=O)OC(C)(C)C)CC1CS(=O)(=O)C2. The Morgan fingerprint density at radius 3 is 2.12 bits per heavy atom. The van der Waals surface area contributed by atoms with E-state index in [1.807, 2.05) is 0 Å². The highest BCUT2D eigenvalue weighted by molar-refractivity contribution is 7.91. The second-order valence-electron chi connectivity index (χ2n) is 7.65. The summed E-state index contributed by atoms with van der Waals surface area (Å²) in [6, 6.07) is -0.349. The van der Waals surface area contributed by atoms with Crippen molar-refractivity contribution in [3.05, 3.63) is 12.7 Å². The van der Waals surface area contributed by atoms with E-state index in [1.165, 1.54) is 6.08 Å². The number of ether oxygens (including phenoxy) is 1. The summed E-state index contributed by atoms with van der Waals surface area (Å²) < 4.78 is 29.3. The maximum absolute atomic E-state index is 12.0. The van der Waals surface area contributed by atoms with Crippen molar-refractivity contribution < 1.29 is 22.7 Å². The average molecular weight is 358 g/mol. The lowest BCUT2D eigenvalue weighted by atomic mass is 9.75. The van der Waals surface area contributed by atoms with Gasteiger partial charge < -0.3 is 15.4 Å². The molecule has 1 heterocycles. The Morgan fingerprint density at radius 2 is 1.67 bits per heavy atom. The second kappa shape index (κ2) is 6.74. The number of hydrogen-bond acceptors (Lipinski definition) is 5. The number of fused-ring (bicyclic) bond motifs is 2. The molecule has 1 saturated heterocycles. The van der Waals surface area contributed by atoms with Crippen molar-refractivity contribution in [2.24, 2.45) is 11.8 Å². The number of sulfone groups is 1. The lowest BCUT2D eigenvalue weighted by Gasteiger charge is -2.45. The first-order valence-electron chi connectivity index (χ1n) is 8.12. The zero-order valence-electron chi connectivity index (χ0n) is 14.4. The molecule has 8 heteroatoms. The molecule has 2 unspecified atom stereocenters. The summed E-state index contributed by atoms with van der Waals surface area (Å²) in [5.74, 6) is -0.679. The van der Waals surface area contributed by atoms with Crippen molar-refractivity contribution in [3.63, 3.8) is 0 Å². The van der Waals surface area contributed by atoms with Crippen LogP contribution < -0.4 is 10.6 Å². The van der Waals surface area contributed by atoms with Crippen molar-refractivity contribution in [1.82, 2.24) is 10.6 Å². The minimum atomic E-state index is -3.12. The number of rotatable bonds is 3. The van der Waals surface area contributed by atoms with Crippen LogP contribution in [0.15, 0.2) is 12.7 Å². The highest BCUT2D eigenvalue weighted by atomic mass is 32.2. The van der Waals surface area contributed by atoms with Gasteiger partial charge in [0, 0.05) is 12.1 Å². The predicted octanol–water partition coefficient (Wildman–Crippen LogP) is 1.01. The van der Waals surface area contributed by atoms with Gasteiger partial charge in [-0.3, -0.25) is 4.79 Å². The standard InChI is InChI=1S/C16H26N2O5S/c1-5-13(19)18-14-10-6-12(17-15(20)23-16(2,3)4)7-11(14)9-24(21,22)8-10/h5,10-12,14H,1,6-9H2,2-4H3,(H,17,20)(H,18,19). The minimum absolute atomic E-state index is 0.0259. The molecule has 0 aromatic rings. The lowest BCUT2D eigenvalue weighted by molar-refractivity contribution is -0.118. The molecule has 0 aromatic carbocycles.